The minimum Gasteiger partial charge on any atom is -0.319 e. The smallest absolute Gasteiger partial charge is 0.319 e. The van der Waals surface area contributed by atoms with E-state index < -0.39 is 17.8 Å². The van der Waals surface area contributed by atoms with Crippen LogP contribution in [0.4, 0.5) is 13.2 Å². The van der Waals surface area contributed by atoms with Gasteiger partial charge in [-0.1, -0.05) is 15.9 Å². The summed E-state index contributed by atoms with van der Waals surface area (Å²) in [7, 11) is 1.72. The van der Waals surface area contributed by atoms with Crippen molar-refractivity contribution in [1.29, 1.82) is 0 Å². The molecule has 7 heteroatoms. The zero-order valence-electron chi connectivity index (χ0n) is 9.95. The SMILES string of the molecule is Cn1ccc(C(N)c2cc(C(F)(F)F)ccc2Br)n1. The fourth-order valence-corrected chi connectivity index (χ4v) is 2.21. The van der Waals surface area contributed by atoms with Crippen LogP contribution in [-0.4, -0.2) is 9.78 Å². The number of hydrogen-bond acceptors (Lipinski definition) is 2. The maximum absolute atomic E-state index is 12.7. The molecule has 0 bridgehead atoms. The van der Waals surface area contributed by atoms with Crippen molar-refractivity contribution in [3.05, 3.63) is 51.8 Å². The molecule has 1 heterocycles. The molecule has 19 heavy (non-hydrogen) atoms. The third kappa shape index (κ3) is 2.98. The van der Waals surface area contributed by atoms with Crippen LogP contribution in [0.15, 0.2) is 34.9 Å². The molecule has 2 rings (SSSR count). The lowest BCUT2D eigenvalue weighted by Crippen LogP contribution is -2.15. The fourth-order valence-electron chi connectivity index (χ4n) is 1.72. The first kappa shape index (κ1) is 14.1. The van der Waals surface area contributed by atoms with Gasteiger partial charge in [-0.3, -0.25) is 4.68 Å². The van der Waals surface area contributed by atoms with Crippen LogP contribution in [0.25, 0.3) is 0 Å². The number of nitrogens with two attached hydrogens (primary N) is 1. The Kier molecular flexibility index (Phi) is 3.69. The second kappa shape index (κ2) is 4.97. The van der Waals surface area contributed by atoms with Crippen LogP contribution in [0.2, 0.25) is 0 Å². The van der Waals surface area contributed by atoms with Crippen LogP contribution >= 0.6 is 15.9 Å². The number of hydrogen-bond donors (Lipinski definition) is 1. The van der Waals surface area contributed by atoms with E-state index in [0.29, 0.717) is 15.7 Å². The molecule has 1 aromatic carbocycles. The minimum absolute atomic E-state index is 0.355. The van der Waals surface area contributed by atoms with E-state index in [1.54, 1.807) is 24.0 Å². The van der Waals surface area contributed by atoms with E-state index in [1.807, 2.05) is 0 Å². The predicted octanol–water partition coefficient (Wildman–Crippen LogP) is 3.25. The van der Waals surface area contributed by atoms with Crippen molar-refractivity contribution in [2.45, 2.75) is 12.2 Å². The summed E-state index contributed by atoms with van der Waals surface area (Å²) in [5, 5.41) is 4.11. The first-order valence-electron chi connectivity index (χ1n) is 5.41. The van der Waals surface area contributed by atoms with Crippen molar-refractivity contribution >= 4 is 15.9 Å². The molecule has 0 amide bonds. The third-order valence-electron chi connectivity index (χ3n) is 2.71. The summed E-state index contributed by atoms with van der Waals surface area (Å²) in [6.45, 7) is 0. The number of aryl methyl sites for hydroxylation is 1. The highest BCUT2D eigenvalue weighted by atomic mass is 79.9. The minimum atomic E-state index is -4.39. The number of benzene rings is 1. The summed E-state index contributed by atoms with van der Waals surface area (Å²) in [6, 6.07) is 4.37. The van der Waals surface area contributed by atoms with Crippen LogP contribution in [-0.2, 0) is 13.2 Å². The maximum atomic E-state index is 12.7. The summed E-state index contributed by atoms with van der Waals surface area (Å²) in [6.07, 6.45) is -2.70. The summed E-state index contributed by atoms with van der Waals surface area (Å²) < 4.78 is 40.2. The monoisotopic (exact) mass is 333 g/mol. The second-order valence-corrected chi connectivity index (χ2v) is 4.98. The van der Waals surface area contributed by atoms with E-state index in [4.69, 9.17) is 5.73 Å². The molecule has 0 saturated heterocycles. The van der Waals surface area contributed by atoms with E-state index in [9.17, 15) is 13.2 Å². The number of alkyl halides is 3. The van der Waals surface area contributed by atoms with Crippen molar-refractivity contribution in [3.8, 4) is 0 Å². The number of nitrogens with zero attached hydrogens (tertiary/aromatic N) is 2. The first-order valence-corrected chi connectivity index (χ1v) is 6.20. The highest BCUT2D eigenvalue weighted by Gasteiger charge is 2.31. The average molecular weight is 334 g/mol. The zero-order valence-corrected chi connectivity index (χ0v) is 11.5. The number of rotatable bonds is 2. The molecule has 2 N–H and O–H groups in total. The van der Waals surface area contributed by atoms with Crippen LogP contribution in [0, 0.1) is 0 Å². The predicted molar refractivity (Wildman–Crippen MR) is 68.4 cm³/mol. The molecule has 0 spiro atoms. The van der Waals surface area contributed by atoms with Gasteiger partial charge in [0.05, 0.1) is 17.3 Å². The Labute approximate surface area is 116 Å². The van der Waals surface area contributed by atoms with Gasteiger partial charge in [0.25, 0.3) is 0 Å². The van der Waals surface area contributed by atoms with Crippen LogP contribution < -0.4 is 5.73 Å². The maximum Gasteiger partial charge on any atom is 0.416 e. The Morgan fingerprint density at radius 2 is 2.00 bits per heavy atom. The molecule has 0 saturated carbocycles. The summed E-state index contributed by atoms with van der Waals surface area (Å²) in [4.78, 5) is 0. The van der Waals surface area contributed by atoms with E-state index in [2.05, 4.69) is 21.0 Å². The van der Waals surface area contributed by atoms with Gasteiger partial charge in [-0.05, 0) is 29.8 Å². The van der Waals surface area contributed by atoms with Crippen molar-refractivity contribution in [1.82, 2.24) is 9.78 Å². The van der Waals surface area contributed by atoms with Crippen molar-refractivity contribution in [2.75, 3.05) is 0 Å². The molecule has 2 aromatic rings. The van der Waals surface area contributed by atoms with E-state index >= 15 is 0 Å². The molecule has 0 radical (unpaired) electrons. The fraction of sp³-hybridized carbons (Fsp3) is 0.250. The van der Waals surface area contributed by atoms with E-state index in [1.165, 1.54) is 6.07 Å². The molecule has 0 aliphatic carbocycles. The largest absolute Gasteiger partial charge is 0.416 e. The zero-order chi connectivity index (χ0) is 14.2. The number of aromatic nitrogens is 2. The molecule has 0 fully saturated rings. The third-order valence-corrected chi connectivity index (χ3v) is 3.43. The normalized spacial score (nSPS) is 13.6. The van der Waals surface area contributed by atoms with Gasteiger partial charge in [0.15, 0.2) is 0 Å². The van der Waals surface area contributed by atoms with Gasteiger partial charge < -0.3 is 5.73 Å². The Morgan fingerprint density at radius 3 is 2.53 bits per heavy atom. The standard InChI is InChI=1S/C12H11BrF3N3/c1-19-5-4-10(18-19)11(17)8-6-7(12(14,15)16)2-3-9(8)13/h2-6,11H,17H2,1H3. The molecular formula is C12H11BrF3N3. The van der Waals surface area contributed by atoms with Gasteiger partial charge in [-0.15, -0.1) is 0 Å². The van der Waals surface area contributed by atoms with Crippen molar-refractivity contribution in [3.63, 3.8) is 0 Å². The average Bonchev–Trinajstić information content (AvgIpc) is 2.74. The highest BCUT2D eigenvalue weighted by molar-refractivity contribution is 9.10. The van der Waals surface area contributed by atoms with Gasteiger partial charge in [0.1, 0.15) is 0 Å². The van der Waals surface area contributed by atoms with Gasteiger partial charge in [0, 0.05) is 17.7 Å². The molecule has 1 atom stereocenters. The Morgan fingerprint density at radius 1 is 1.32 bits per heavy atom. The van der Waals surface area contributed by atoms with E-state index in [0.717, 1.165) is 12.1 Å². The van der Waals surface area contributed by atoms with Crippen molar-refractivity contribution in [2.24, 2.45) is 12.8 Å². The Bertz CT molecular complexity index is 592. The first-order chi connectivity index (χ1) is 8.79. The Balaban J connectivity index is 2.44. The van der Waals surface area contributed by atoms with Gasteiger partial charge >= 0.3 is 6.18 Å². The van der Waals surface area contributed by atoms with Gasteiger partial charge in [-0.2, -0.15) is 18.3 Å². The lowest BCUT2D eigenvalue weighted by molar-refractivity contribution is -0.137. The molecule has 102 valence electrons. The lowest BCUT2D eigenvalue weighted by Gasteiger charge is -2.14. The van der Waals surface area contributed by atoms with Gasteiger partial charge in [0.2, 0.25) is 0 Å². The quantitative estimate of drug-likeness (QED) is 0.916. The number of halogens is 4. The summed E-state index contributed by atoms with van der Waals surface area (Å²) >= 11 is 3.22. The van der Waals surface area contributed by atoms with Crippen LogP contribution in [0.1, 0.15) is 22.9 Å². The summed E-state index contributed by atoms with van der Waals surface area (Å²) in [5.74, 6) is 0. The van der Waals surface area contributed by atoms with Crippen molar-refractivity contribution < 1.29 is 13.2 Å². The topological polar surface area (TPSA) is 43.8 Å². The molecule has 1 unspecified atom stereocenters. The molecule has 0 aliphatic heterocycles. The molecule has 0 aliphatic rings. The Hall–Kier alpha value is -1.34. The lowest BCUT2D eigenvalue weighted by atomic mass is 10.0. The van der Waals surface area contributed by atoms with Crippen LogP contribution in [0.5, 0.6) is 0 Å². The van der Waals surface area contributed by atoms with E-state index in [-0.39, 0.29) is 0 Å². The highest BCUT2D eigenvalue weighted by Crippen LogP contribution is 2.34. The molecule has 1 aromatic heterocycles. The second-order valence-electron chi connectivity index (χ2n) is 4.13. The molecular weight excluding hydrogens is 323 g/mol. The van der Waals surface area contributed by atoms with Gasteiger partial charge in [-0.25, -0.2) is 0 Å². The molecule has 3 nitrogen and oxygen atoms in total. The summed E-state index contributed by atoms with van der Waals surface area (Å²) in [5.41, 5.74) is 6.12. The van der Waals surface area contributed by atoms with Crippen LogP contribution in [0.3, 0.4) is 0 Å².